The SMILES string of the molecule is CC(=O)N(c1ccccc1)[C@@H]1C(=O)N2C(C(=O)O)=C(CCl)CS[C@H]12. The largest absolute Gasteiger partial charge is 0.477 e. The normalized spacial score (nSPS) is 22.8. The van der Waals surface area contributed by atoms with Crippen LogP contribution in [0.1, 0.15) is 6.92 Å². The van der Waals surface area contributed by atoms with Crippen LogP contribution in [-0.2, 0) is 14.4 Å². The Bertz CT molecular complexity index is 737. The van der Waals surface area contributed by atoms with Gasteiger partial charge in [0.2, 0.25) is 5.91 Å². The fourth-order valence-corrected chi connectivity index (χ4v) is 4.72. The molecule has 6 nitrogen and oxygen atoms in total. The molecule has 1 saturated heterocycles. The lowest BCUT2D eigenvalue weighted by molar-refractivity contribution is -0.149. The van der Waals surface area contributed by atoms with Crippen LogP contribution in [0.5, 0.6) is 0 Å². The molecule has 2 aliphatic heterocycles. The van der Waals surface area contributed by atoms with Crippen LogP contribution < -0.4 is 4.90 Å². The van der Waals surface area contributed by atoms with Crippen molar-refractivity contribution >= 4 is 46.8 Å². The van der Waals surface area contributed by atoms with E-state index in [-0.39, 0.29) is 17.5 Å². The van der Waals surface area contributed by atoms with Gasteiger partial charge in [-0.25, -0.2) is 4.79 Å². The Balaban J connectivity index is 1.96. The van der Waals surface area contributed by atoms with E-state index >= 15 is 0 Å². The zero-order valence-corrected chi connectivity index (χ0v) is 14.4. The molecular formula is C16H15ClN2O4S. The minimum atomic E-state index is -1.17. The number of nitrogens with zero attached hydrogens (tertiary/aromatic N) is 2. The van der Waals surface area contributed by atoms with Crippen LogP contribution in [0.25, 0.3) is 0 Å². The second-order valence-corrected chi connectivity index (χ2v) is 6.84. The Morgan fingerprint density at radius 2 is 2.04 bits per heavy atom. The van der Waals surface area contributed by atoms with Crippen LogP contribution in [0, 0.1) is 0 Å². The van der Waals surface area contributed by atoms with Crippen LogP contribution in [0.15, 0.2) is 41.6 Å². The molecule has 1 aromatic carbocycles. The molecule has 0 aliphatic carbocycles. The summed E-state index contributed by atoms with van der Waals surface area (Å²) >= 11 is 7.24. The Morgan fingerprint density at radius 1 is 1.38 bits per heavy atom. The summed E-state index contributed by atoms with van der Waals surface area (Å²) in [5.41, 5.74) is 1.09. The molecule has 0 saturated carbocycles. The number of halogens is 1. The van der Waals surface area contributed by atoms with E-state index in [0.29, 0.717) is 17.0 Å². The van der Waals surface area contributed by atoms with E-state index in [1.54, 1.807) is 24.3 Å². The highest BCUT2D eigenvalue weighted by molar-refractivity contribution is 8.00. The first kappa shape index (κ1) is 16.9. The molecular weight excluding hydrogens is 352 g/mol. The van der Waals surface area contributed by atoms with Crippen molar-refractivity contribution in [2.45, 2.75) is 18.3 Å². The van der Waals surface area contributed by atoms with Gasteiger partial charge in [-0.1, -0.05) is 18.2 Å². The van der Waals surface area contributed by atoms with Gasteiger partial charge < -0.3 is 5.11 Å². The van der Waals surface area contributed by atoms with Gasteiger partial charge in [0.15, 0.2) is 0 Å². The van der Waals surface area contributed by atoms with Gasteiger partial charge in [0, 0.05) is 24.2 Å². The lowest BCUT2D eigenvalue weighted by atomic mass is 10.0. The Labute approximate surface area is 148 Å². The first-order valence-electron chi connectivity index (χ1n) is 7.28. The van der Waals surface area contributed by atoms with Crippen molar-refractivity contribution in [3.05, 3.63) is 41.6 Å². The monoisotopic (exact) mass is 366 g/mol. The van der Waals surface area contributed by atoms with Gasteiger partial charge >= 0.3 is 5.97 Å². The molecule has 2 aliphatic rings. The number of amides is 2. The van der Waals surface area contributed by atoms with Crippen LogP contribution in [0.3, 0.4) is 0 Å². The van der Waals surface area contributed by atoms with Crippen molar-refractivity contribution in [2.75, 3.05) is 16.5 Å². The number of anilines is 1. The molecule has 126 valence electrons. The summed E-state index contributed by atoms with van der Waals surface area (Å²) < 4.78 is 0. The van der Waals surface area contributed by atoms with Crippen molar-refractivity contribution in [3.63, 3.8) is 0 Å². The molecule has 1 N–H and O–H groups in total. The number of thioether (sulfide) groups is 1. The van der Waals surface area contributed by atoms with Crippen molar-refractivity contribution in [1.29, 1.82) is 0 Å². The maximum Gasteiger partial charge on any atom is 0.352 e. The number of para-hydroxylation sites is 1. The molecule has 0 spiro atoms. The average Bonchev–Trinajstić information content (AvgIpc) is 2.58. The van der Waals surface area contributed by atoms with E-state index in [1.807, 2.05) is 6.07 Å². The van der Waals surface area contributed by atoms with Gasteiger partial charge in [-0.05, 0) is 17.7 Å². The summed E-state index contributed by atoms with van der Waals surface area (Å²) in [6.07, 6.45) is 0. The van der Waals surface area contributed by atoms with Crippen molar-refractivity contribution < 1.29 is 19.5 Å². The van der Waals surface area contributed by atoms with Gasteiger partial charge in [-0.2, -0.15) is 0 Å². The third kappa shape index (κ3) is 2.57. The predicted molar refractivity (Wildman–Crippen MR) is 91.9 cm³/mol. The number of carboxylic acid groups (broad SMARTS) is 1. The molecule has 3 rings (SSSR count). The number of carbonyl (C=O) groups is 3. The van der Waals surface area contributed by atoms with Crippen molar-refractivity contribution in [1.82, 2.24) is 4.90 Å². The molecule has 0 aromatic heterocycles. The quantitative estimate of drug-likeness (QED) is 0.650. The number of hydrogen-bond donors (Lipinski definition) is 1. The molecule has 2 amide bonds. The van der Waals surface area contributed by atoms with Crippen LogP contribution in [0.2, 0.25) is 0 Å². The van der Waals surface area contributed by atoms with E-state index < -0.39 is 23.3 Å². The topological polar surface area (TPSA) is 77.9 Å². The highest BCUT2D eigenvalue weighted by Crippen LogP contribution is 2.43. The Hall–Kier alpha value is -1.99. The number of fused-ring (bicyclic) bond motifs is 1. The fraction of sp³-hybridized carbons (Fsp3) is 0.312. The summed E-state index contributed by atoms with van der Waals surface area (Å²) in [6.45, 7) is 1.40. The van der Waals surface area contributed by atoms with Gasteiger partial charge in [-0.3, -0.25) is 19.4 Å². The number of β-lactam (4-membered cyclic amide) rings is 1. The Morgan fingerprint density at radius 3 is 2.58 bits per heavy atom. The Kier molecular flexibility index (Phi) is 4.56. The van der Waals surface area contributed by atoms with Gasteiger partial charge in [0.25, 0.3) is 5.91 Å². The lowest BCUT2D eigenvalue weighted by Gasteiger charge is -2.52. The number of rotatable bonds is 4. The second-order valence-electron chi connectivity index (χ2n) is 5.47. The van der Waals surface area contributed by atoms with Crippen molar-refractivity contribution in [2.24, 2.45) is 0 Å². The van der Waals surface area contributed by atoms with Gasteiger partial charge in [-0.15, -0.1) is 23.4 Å². The summed E-state index contributed by atoms with van der Waals surface area (Å²) in [5, 5.41) is 9.01. The molecule has 1 aromatic rings. The maximum absolute atomic E-state index is 12.7. The third-order valence-electron chi connectivity index (χ3n) is 4.03. The second kappa shape index (κ2) is 6.49. The van der Waals surface area contributed by atoms with Gasteiger partial charge in [0.1, 0.15) is 17.1 Å². The molecule has 0 bridgehead atoms. The number of carbonyl (C=O) groups excluding carboxylic acids is 2. The average molecular weight is 367 g/mol. The predicted octanol–water partition coefficient (Wildman–Crippen LogP) is 1.90. The zero-order chi connectivity index (χ0) is 17.4. The first-order valence-corrected chi connectivity index (χ1v) is 8.86. The number of carboxylic acids is 1. The molecule has 8 heteroatoms. The minimum absolute atomic E-state index is 0.0495. The first-order chi connectivity index (χ1) is 11.5. The smallest absolute Gasteiger partial charge is 0.352 e. The van der Waals surface area contributed by atoms with E-state index in [9.17, 15) is 19.5 Å². The minimum Gasteiger partial charge on any atom is -0.477 e. The summed E-state index contributed by atoms with van der Waals surface area (Å²) in [5.74, 6) is -1.34. The maximum atomic E-state index is 12.7. The van der Waals surface area contributed by atoms with E-state index in [0.717, 1.165) is 0 Å². The van der Waals surface area contributed by atoms with E-state index in [4.69, 9.17) is 11.6 Å². The number of aliphatic carboxylic acids is 1. The molecule has 24 heavy (non-hydrogen) atoms. The standard InChI is InChI=1S/C16H15ClN2O4S/c1-9(20)18(11-5-3-2-4-6-11)13-14(21)19-12(16(22)23)10(7-17)8-24-15(13)19/h2-6,13,15H,7-8H2,1H3,(H,22,23)/t13-,15-/m1/s1. The van der Waals surface area contributed by atoms with E-state index in [2.05, 4.69) is 0 Å². The molecule has 2 atom stereocenters. The summed E-state index contributed by atoms with van der Waals surface area (Å²) in [6, 6.07) is 8.19. The summed E-state index contributed by atoms with van der Waals surface area (Å²) in [4.78, 5) is 39.0. The number of hydrogen-bond acceptors (Lipinski definition) is 4. The zero-order valence-electron chi connectivity index (χ0n) is 12.8. The number of alkyl halides is 1. The molecule has 0 unspecified atom stereocenters. The molecule has 1 fully saturated rings. The van der Waals surface area contributed by atoms with Crippen LogP contribution in [-0.4, -0.2) is 50.8 Å². The molecule has 2 heterocycles. The lowest BCUT2D eigenvalue weighted by Crippen LogP contribution is -2.71. The van der Waals surface area contributed by atoms with Crippen molar-refractivity contribution in [3.8, 4) is 0 Å². The highest BCUT2D eigenvalue weighted by atomic mass is 35.5. The van der Waals surface area contributed by atoms with E-state index in [1.165, 1.54) is 28.5 Å². The fourth-order valence-electron chi connectivity index (χ4n) is 3.00. The number of benzene rings is 1. The van der Waals surface area contributed by atoms with Crippen LogP contribution in [0.4, 0.5) is 5.69 Å². The third-order valence-corrected chi connectivity index (χ3v) is 5.68. The van der Waals surface area contributed by atoms with Crippen LogP contribution >= 0.6 is 23.4 Å². The van der Waals surface area contributed by atoms with Gasteiger partial charge in [0.05, 0.1) is 0 Å². The highest BCUT2D eigenvalue weighted by Gasteiger charge is 2.56. The molecule has 0 radical (unpaired) electrons. The summed E-state index contributed by atoms with van der Waals surface area (Å²) in [7, 11) is 0.